The Bertz CT molecular complexity index is 1140. The van der Waals surface area contributed by atoms with E-state index in [9.17, 15) is 13.2 Å². The number of aromatic nitrogens is 3. The summed E-state index contributed by atoms with van der Waals surface area (Å²) in [6.07, 6.45) is 4.51. The summed E-state index contributed by atoms with van der Waals surface area (Å²) >= 11 is 6.26. The van der Waals surface area contributed by atoms with Crippen LogP contribution in [0.2, 0.25) is 5.02 Å². The van der Waals surface area contributed by atoms with Gasteiger partial charge in [-0.15, -0.1) is 0 Å². The van der Waals surface area contributed by atoms with Crippen molar-refractivity contribution in [3.8, 4) is 11.4 Å². The van der Waals surface area contributed by atoms with Crippen LogP contribution in [0.5, 0.6) is 0 Å². The highest BCUT2D eigenvalue weighted by Gasteiger charge is 2.30. The molecule has 9 heteroatoms. The number of halogens is 1. The van der Waals surface area contributed by atoms with Crippen LogP contribution >= 0.6 is 11.6 Å². The molecule has 1 amide bonds. The third-order valence-corrected chi connectivity index (χ3v) is 5.64. The maximum absolute atomic E-state index is 12.0. The standard InChI is InChI=1S/C17H15ClN4O3S/c1-26(24,25)10-4-5-11(12(18)8-10)15-20-13-6-7-19-16(14(13)21-15)22-17(23)9-2-3-9/h4-9H,2-3H2,1H3,(H,20,21)(H,19,22,23). The minimum absolute atomic E-state index is 0.0508. The van der Waals surface area contributed by atoms with Crippen LogP contribution < -0.4 is 5.32 Å². The molecule has 134 valence electrons. The lowest BCUT2D eigenvalue weighted by molar-refractivity contribution is -0.117. The molecule has 1 aliphatic rings. The Morgan fingerprint density at radius 2 is 2.08 bits per heavy atom. The second-order valence-electron chi connectivity index (χ2n) is 6.32. The number of nitrogens with one attached hydrogen (secondary N) is 2. The molecule has 0 radical (unpaired) electrons. The highest BCUT2D eigenvalue weighted by molar-refractivity contribution is 7.90. The van der Waals surface area contributed by atoms with Crippen molar-refractivity contribution in [1.82, 2.24) is 15.0 Å². The number of fused-ring (bicyclic) bond motifs is 1. The number of anilines is 1. The number of carbonyl (C=O) groups excluding carboxylic acids is 1. The molecule has 1 fully saturated rings. The van der Waals surface area contributed by atoms with Gasteiger partial charge in [0.05, 0.1) is 15.4 Å². The van der Waals surface area contributed by atoms with Gasteiger partial charge in [-0.2, -0.15) is 0 Å². The maximum atomic E-state index is 12.0. The van der Waals surface area contributed by atoms with E-state index in [1.54, 1.807) is 18.3 Å². The van der Waals surface area contributed by atoms with E-state index in [-0.39, 0.29) is 21.7 Å². The molecule has 7 nitrogen and oxygen atoms in total. The van der Waals surface area contributed by atoms with Gasteiger partial charge >= 0.3 is 0 Å². The first kappa shape index (κ1) is 17.0. The average Bonchev–Trinajstić information content (AvgIpc) is 3.33. The molecule has 4 rings (SSSR count). The molecule has 0 aliphatic heterocycles. The molecule has 0 bridgehead atoms. The number of pyridine rings is 1. The Hall–Kier alpha value is -2.45. The number of hydrogen-bond donors (Lipinski definition) is 2. The fourth-order valence-electron chi connectivity index (χ4n) is 2.64. The molecule has 0 saturated heterocycles. The Morgan fingerprint density at radius 3 is 2.73 bits per heavy atom. The Labute approximate surface area is 154 Å². The number of rotatable bonds is 4. The lowest BCUT2D eigenvalue weighted by Gasteiger charge is -2.04. The van der Waals surface area contributed by atoms with Crippen molar-refractivity contribution < 1.29 is 13.2 Å². The summed E-state index contributed by atoms with van der Waals surface area (Å²) in [7, 11) is -3.34. The summed E-state index contributed by atoms with van der Waals surface area (Å²) in [4.78, 5) is 24.0. The van der Waals surface area contributed by atoms with E-state index in [0.29, 0.717) is 28.2 Å². The fourth-order valence-corrected chi connectivity index (χ4v) is 3.62. The van der Waals surface area contributed by atoms with Crippen LogP contribution in [-0.2, 0) is 14.6 Å². The van der Waals surface area contributed by atoms with Gasteiger partial charge in [-0.05, 0) is 37.1 Å². The number of H-pyrrole nitrogens is 1. The third kappa shape index (κ3) is 3.17. The number of aromatic amines is 1. The predicted molar refractivity (Wildman–Crippen MR) is 98.8 cm³/mol. The van der Waals surface area contributed by atoms with Crippen LogP contribution in [0.3, 0.4) is 0 Å². The van der Waals surface area contributed by atoms with Crippen LogP contribution in [0.1, 0.15) is 12.8 Å². The van der Waals surface area contributed by atoms with Gasteiger partial charge in [-0.25, -0.2) is 18.4 Å². The number of imidazole rings is 1. The van der Waals surface area contributed by atoms with Gasteiger partial charge in [0.1, 0.15) is 11.3 Å². The highest BCUT2D eigenvalue weighted by atomic mass is 35.5. The van der Waals surface area contributed by atoms with Gasteiger partial charge in [0.15, 0.2) is 15.7 Å². The second kappa shape index (κ2) is 6.07. The average molecular weight is 391 g/mol. The van der Waals surface area contributed by atoms with Crippen LogP contribution in [0.15, 0.2) is 35.4 Å². The SMILES string of the molecule is CS(=O)(=O)c1ccc(-c2nc3c(NC(=O)C4CC4)nccc3[nH]2)c(Cl)c1. The van der Waals surface area contributed by atoms with Crippen LogP contribution in [-0.4, -0.2) is 35.5 Å². The molecular formula is C17H15ClN4O3S. The molecule has 3 aromatic rings. The van der Waals surface area contributed by atoms with Crippen LogP contribution in [0.4, 0.5) is 5.82 Å². The zero-order valence-corrected chi connectivity index (χ0v) is 15.4. The van der Waals surface area contributed by atoms with E-state index in [4.69, 9.17) is 11.6 Å². The quantitative estimate of drug-likeness (QED) is 0.712. The van der Waals surface area contributed by atoms with Crippen molar-refractivity contribution in [2.24, 2.45) is 5.92 Å². The second-order valence-corrected chi connectivity index (χ2v) is 8.74. The van der Waals surface area contributed by atoms with E-state index in [1.807, 2.05) is 0 Å². The van der Waals surface area contributed by atoms with Gasteiger partial charge < -0.3 is 10.3 Å². The van der Waals surface area contributed by atoms with Crippen LogP contribution in [0.25, 0.3) is 22.4 Å². The van der Waals surface area contributed by atoms with E-state index in [2.05, 4.69) is 20.3 Å². The molecule has 2 heterocycles. The number of nitrogens with zero attached hydrogens (tertiary/aromatic N) is 2. The first-order valence-electron chi connectivity index (χ1n) is 7.98. The van der Waals surface area contributed by atoms with Crippen LogP contribution in [0, 0.1) is 5.92 Å². The zero-order valence-electron chi connectivity index (χ0n) is 13.8. The normalized spacial score (nSPS) is 14.5. The smallest absolute Gasteiger partial charge is 0.228 e. The summed E-state index contributed by atoms with van der Waals surface area (Å²) in [6.45, 7) is 0. The summed E-state index contributed by atoms with van der Waals surface area (Å²) in [5.41, 5.74) is 1.79. The minimum atomic E-state index is -3.34. The lowest BCUT2D eigenvalue weighted by Crippen LogP contribution is -2.14. The topological polar surface area (TPSA) is 105 Å². The largest absolute Gasteiger partial charge is 0.338 e. The first-order valence-corrected chi connectivity index (χ1v) is 10.3. The molecular weight excluding hydrogens is 376 g/mol. The van der Waals surface area contributed by atoms with Crippen molar-refractivity contribution >= 4 is 44.2 Å². The molecule has 1 saturated carbocycles. The highest BCUT2D eigenvalue weighted by Crippen LogP contribution is 2.33. The van der Waals surface area contributed by atoms with Crippen molar-refractivity contribution in [3.05, 3.63) is 35.5 Å². The van der Waals surface area contributed by atoms with E-state index in [0.717, 1.165) is 19.1 Å². The van der Waals surface area contributed by atoms with E-state index < -0.39 is 9.84 Å². The predicted octanol–water partition coefficient (Wildman–Crippen LogP) is 3.03. The first-order chi connectivity index (χ1) is 12.3. The van der Waals surface area contributed by atoms with Crippen molar-refractivity contribution in [2.45, 2.75) is 17.7 Å². The van der Waals surface area contributed by atoms with Crippen molar-refractivity contribution in [3.63, 3.8) is 0 Å². The summed E-state index contributed by atoms with van der Waals surface area (Å²) in [5, 5.41) is 3.08. The fraction of sp³-hybridized carbons (Fsp3) is 0.235. The lowest BCUT2D eigenvalue weighted by atomic mass is 10.2. The molecule has 0 spiro atoms. The molecule has 2 aromatic heterocycles. The summed E-state index contributed by atoms with van der Waals surface area (Å²) in [5.74, 6) is 0.874. The van der Waals surface area contributed by atoms with E-state index in [1.165, 1.54) is 12.1 Å². The Balaban J connectivity index is 1.75. The van der Waals surface area contributed by atoms with Gasteiger partial charge in [-0.1, -0.05) is 11.6 Å². The monoisotopic (exact) mass is 390 g/mol. The third-order valence-electron chi connectivity index (χ3n) is 4.21. The molecule has 26 heavy (non-hydrogen) atoms. The molecule has 1 aromatic carbocycles. The molecule has 2 N–H and O–H groups in total. The number of sulfone groups is 1. The summed E-state index contributed by atoms with van der Waals surface area (Å²) in [6, 6.07) is 6.23. The number of amides is 1. The number of hydrogen-bond acceptors (Lipinski definition) is 5. The van der Waals surface area contributed by atoms with Gasteiger partial charge in [0.25, 0.3) is 0 Å². The molecule has 0 unspecified atom stereocenters. The minimum Gasteiger partial charge on any atom is -0.338 e. The van der Waals surface area contributed by atoms with E-state index >= 15 is 0 Å². The Morgan fingerprint density at radius 1 is 1.31 bits per heavy atom. The summed E-state index contributed by atoms with van der Waals surface area (Å²) < 4.78 is 23.3. The van der Waals surface area contributed by atoms with Gasteiger partial charge in [0.2, 0.25) is 5.91 Å². The van der Waals surface area contributed by atoms with Gasteiger partial charge in [-0.3, -0.25) is 4.79 Å². The van der Waals surface area contributed by atoms with Crippen molar-refractivity contribution in [1.29, 1.82) is 0 Å². The van der Waals surface area contributed by atoms with Gasteiger partial charge in [0, 0.05) is 23.9 Å². The number of benzene rings is 1. The molecule has 1 aliphatic carbocycles. The van der Waals surface area contributed by atoms with Crippen molar-refractivity contribution in [2.75, 3.05) is 11.6 Å². The number of carbonyl (C=O) groups is 1. The maximum Gasteiger partial charge on any atom is 0.228 e. The molecule has 0 atom stereocenters. The Kier molecular flexibility index (Phi) is 3.96. The zero-order chi connectivity index (χ0) is 18.5.